The molecule has 116 valence electrons. The molecule has 0 heterocycles. The van der Waals surface area contributed by atoms with Crippen LogP contribution in [0.15, 0.2) is 48.5 Å². The summed E-state index contributed by atoms with van der Waals surface area (Å²) >= 11 is 0. The Morgan fingerprint density at radius 3 is 2.50 bits per heavy atom. The van der Waals surface area contributed by atoms with Gasteiger partial charge in [0.15, 0.2) is 0 Å². The lowest BCUT2D eigenvalue weighted by Gasteiger charge is -2.17. The molecule has 3 nitrogen and oxygen atoms in total. The minimum Gasteiger partial charge on any atom is -0.326 e. The van der Waals surface area contributed by atoms with E-state index in [1.165, 1.54) is 11.1 Å². The average molecular weight is 296 g/mol. The highest BCUT2D eigenvalue weighted by Crippen LogP contribution is 2.18. The normalized spacial score (nSPS) is 10.7. The number of carbonyl (C=O) groups excluding carboxylic acids is 1. The Kier molecular flexibility index (Phi) is 5.73. The van der Waals surface area contributed by atoms with Crippen molar-refractivity contribution in [1.82, 2.24) is 4.90 Å². The van der Waals surface area contributed by atoms with Crippen LogP contribution in [0.5, 0.6) is 0 Å². The van der Waals surface area contributed by atoms with Crippen molar-refractivity contribution in [1.29, 1.82) is 0 Å². The Morgan fingerprint density at radius 2 is 1.77 bits per heavy atom. The van der Waals surface area contributed by atoms with E-state index in [0.29, 0.717) is 6.42 Å². The van der Waals surface area contributed by atoms with E-state index >= 15 is 0 Å². The Morgan fingerprint density at radius 1 is 1.05 bits per heavy atom. The highest BCUT2D eigenvalue weighted by Gasteiger charge is 2.08. The third-order valence-electron chi connectivity index (χ3n) is 3.89. The summed E-state index contributed by atoms with van der Waals surface area (Å²) in [5.74, 6) is 0.0635. The number of anilines is 1. The summed E-state index contributed by atoms with van der Waals surface area (Å²) < 4.78 is 0. The van der Waals surface area contributed by atoms with Crippen LogP contribution >= 0.6 is 0 Å². The van der Waals surface area contributed by atoms with E-state index < -0.39 is 0 Å². The molecule has 1 amide bonds. The third kappa shape index (κ3) is 4.71. The number of carbonyl (C=O) groups is 1. The summed E-state index contributed by atoms with van der Waals surface area (Å²) in [6.07, 6.45) is 0.497. The fourth-order valence-corrected chi connectivity index (χ4v) is 2.37. The van der Waals surface area contributed by atoms with E-state index in [2.05, 4.69) is 35.3 Å². The van der Waals surface area contributed by atoms with Gasteiger partial charge in [-0.2, -0.15) is 0 Å². The number of nitrogens with one attached hydrogen (secondary N) is 1. The maximum atomic E-state index is 12.1. The molecular formula is C19H24N2O. The first-order valence-electron chi connectivity index (χ1n) is 7.65. The van der Waals surface area contributed by atoms with Gasteiger partial charge in [0.25, 0.3) is 0 Å². The average Bonchev–Trinajstić information content (AvgIpc) is 2.51. The molecule has 0 radical (unpaired) electrons. The lowest BCUT2D eigenvalue weighted by atomic mass is 10.1. The van der Waals surface area contributed by atoms with Crippen LogP contribution in [0.4, 0.5) is 5.69 Å². The maximum absolute atomic E-state index is 12.1. The van der Waals surface area contributed by atoms with E-state index in [1.807, 2.05) is 44.3 Å². The zero-order valence-electron chi connectivity index (χ0n) is 13.6. The summed E-state index contributed by atoms with van der Waals surface area (Å²) in [7, 11) is 2.04. The molecule has 0 aliphatic carbocycles. The molecule has 22 heavy (non-hydrogen) atoms. The molecule has 3 heteroatoms. The van der Waals surface area contributed by atoms with E-state index in [0.717, 1.165) is 24.3 Å². The molecule has 0 atom stereocenters. The topological polar surface area (TPSA) is 32.3 Å². The van der Waals surface area contributed by atoms with Gasteiger partial charge in [0, 0.05) is 25.2 Å². The van der Waals surface area contributed by atoms with Gasteiger partial charge < -0.3 is 10.2 Å². The Labute approximate surface area is 133 Å². The van der Waals surface area contributed by atoms with Crippen LogP contribution < -0.4 is 5.32 Å². The molecule has 1 N–H and O–H groups in total. The summed E-state index contributed by atoms with van der Waals surface area (Å²) in [6.45, 7) is 5.69. The lowest BCUT2D eigenvalue weighted by Crippen LogP contribution is -2.24. The SMILES string of the molecule is Cc1cccc(NC(=O)CCN(C)Cc2ccccc2)c1C. The van der Waals surface area contributed by atoms with Crippen molar-refractivity contribution in [2.24, 2.45) is 0 Å². The number of rotatable bonds is 6. The van der Waals surface area contributed by atoms with E-state index in [-0.39, 0.29) is 5.91 Å². The van der Waals surface area contributed by atoms with Gasteiger partial charge in [-0.15, -0.1) is 0 Å². The van der Waals surface area contributed by atoms with Crippen molar-refractivity contribution in [3.8, 4) is 0 Å². The molecule has 0 unspecified atom stereocenters. The molecule has 0 bridgehead atoms. The largest absolute Gasteiger partial charge is 0.326 e. The predicted molar refractivity (Wildman–Crippen MR) is 91.9 cm³/mol. The van der Waals surface area contributed by atoms with Gasteiger partial charge in [-0.3, -0.25) is 4.79 Å². The number of amides is 1. The molecular weight excluding hydrogens is 272 g/mol. The highest BCUT2D eigenvalue weighted by molar-refractivity contribution is 5.91. The predicted octanol–water partition coefficient (Wildman–Crippen LogP) is 3.76. The maximum Gasteiger partial charge on any atom is 0.225 e. The smallest absolute Gasteiger partial charge is 0.225 e. The van der Waals surface area contributed by atoms with Crippen molar-refractivity contribution < 1.29 is 4.79 Å². The van der Waals surface area contributed by atoms with Gasteiger partial charge in [0.05, 0.1) is 0 Å². The first kappa shape index (κ1) is 16.2. The van der Waals surface area contributed by atoms with E-state index in [4.69, 9.17) is 0 Å². The summed E-state index contributed by atoms with van der Waals surface area (Å²) in [5.41, 5.74) is 4.50. The van der Waals surface area contributed by atoms with Crippen LogP contribution in [0.3, 0.4) is 0 Å². The van der Waals surface area contributed by atoms with Gasteiger partial charge in [0.2, 0.25) is 5.91 Å². The van der Waals surface area contributed by atoms with E-state index in [9.17, 15) is 4.79 Å². The molecule has 0 aliphatic heterocycles. The van der Waals surface area contributed by atoms with Gasteiger partial charge >= 0.3 is 0 Å². The van der Waals surface area contributed by atoms with Gasteiger partial charge in [-0.05, 0) is 43.7 Å². The van der Waals surface area contributed by atoms with Crippen molar-refractivity contribution in [2.75, 3.05) is 18.9 Å². The van der Waals surface area contributed by atoms with Crippen LogP contribution in [0.2, 0.25) is 0 Å². The standard InChI is InChI=1S/C19H24N2O/c1-15-8-7-11-18(16(15)2)20-19(22)12-13-21(3)14-17-9-5-4-6-10-17/h4-11H,12-14H2,1-3H3,(H,20,22). The number of aryl methyl sites for hydroxylation is 1. The zero-order chi connectivity index (χ0) is 15.9. The summed E-state index contributed by atoms with van der Waals surface area (Å²) in [6, 6.07) is 16.3. The summed E-state index contributed by atoms with van der Waals surface area (Å²) in [5, 5.41) is 3.00. The molecule has 0 spiro atoms. The second kappa shape index (κ2) is 7.76. The molecule has 0 fully saturated rings. The molecule has 0 aromatic heterocycles. The number of hydrogen-bond acceptors (Lipinski definition) is 2. The van der Waals surface area contributed by atoms with Crippen LogP contribution in [-0.4, -0.2) is 24.4 Å². The van der Waals surface area contributed by atoms with Crippen LogP contribution in [0.1, 0.15) is 23.1 Å². The first-order chi connectivity index (χ1) is 10.6. The Bertz CT molecular complexity index is 623. The second-order valence-electron chi connectivity index (χ2n) is 5.77. The monoisotopic (exact) mass is 296 g/mol. The quantitative estimate of drug-likeness (QED) is 0.880. The molecule has 0 aliphatic rings. The Balaban J connectivity index is 1.81. The summed E-state index contributed by atoms with van der Waals surface area (Å²) in [4.78, 5) is 14.3. The van der Waals surface area contributed by atoms with Crippen LogP contribution in [-0.2, 0) is 11.3 Å². The number of benzene rings is 2. The van der Waals surface area contributed by atoms with E-state index in [1.54, 1.807) is 0 Å². The fraction of sp³-hybridized carbons (Fsp3) is 0.316. The lowest BCUT2D eigenvalue weighted by molar-refractivity contribution is -0.116. The third-order valence-corrected chi connectivity index (χ3v) is 3.89. The van der Waals surface area contributed by atoms with Crippen molar-refractivity contribution in [3.05, 3.63) is 65.2 Å². The molecule has 2 rings (SSSR count). The Hall–Kier alpha value is -2.13. The van der Waals surface area contributed by atoms with Gasteiger partial charge in [-0.25, -0.2) is 0 Å². The van der Waals surface area contributed by atoms with Crippen molar-refractivity contribution in [2.45, 2.75) is 26.8 Å². The van der Waals surface area contributed by atoms with Gasteiger partial charge in [-0.1, -0.05) is 42.5 Å². The minimum absolute atomic E-state index is 0.0635. The zero-order valence-corrected chi connectivity index (χ0v) is 13.6. The fourth-order valence-electron chi connectivity index (χ4n) is 2.37. The van der Waals surface area contributed by atoms with Crippen LogP contribution in [0, 0.1) is 13.8 Å². The highest BCUT2D eigenvalue weighted by atomic mass is 16.1. The van der Waals surface area contributed by atoms with Crippen molar-refractivity contribution in [3.63, 3.8) is 0 Å². The van der Waals surface area contributed by atoms with Crippen LogP contribution in [0.25, 0.3) is 0 Å². The minimum atomic E-state index is 0.0635. The van der Waals surface area contributed by atoms with Gasteiger partial charge in [0.1, 0.15) is 0 Å². The molecule has 2 aromatic rings. The molecule has 2 aromatic carbocycles. The molecule has 0 saturated heterocycles. The number of nitrogens with zero attached hydrogens (tertiary/aromatic N) is 1. The van der Waals surface area contributed by atoms with Crippen molar-refractivity contribution >= 4 is 11.6 Å². The molecule has 0 saturated carbocycles. The number of hydrogen-bond donors (Lipinski definition) is 1. The second-order valence-corrected chi connectivity index (χ2v) is 5.77. The first-order valence-corrected chi connectivity index (χ1v) is 7.65.